The van der Waals surface area contributed by atoms with E-state index in [2.05, 4.69) is 33.8 Å². The summed E-state index contributed by atoms with van der Waals surface area (Å²) < 4.78 is 0. The molecule has 31 heavy (non-hydrogen) atoms. The quantitative estimate of drug-likeness (QED) is 0.657. The third kappa shape index (κ3) is 4.14. The van der Waals surface area contributed by atoms with Crippen molar-refractivity contribution >= 4 is 23.2 Å². The van der Waals surface area contributed by atoms with Crippen molar-refractivity contribution in [3.8, 4) is 10.4 Å². The number of aromatic nitrogens is 2. The molecular formula is C24H28N4O2S. The van der Waals surface area contributed by atoms with Crippen molar-refractivity contribution in [1.29, 1.82) is 0 Å². The standard InChI is InChI=1S/C24H28N4O2S/c1-17-20(15-25-26-17)22(29)28-12-7-11-24(16-28,23(30)27(2)3)14-18-8-4-5-9-19(18)21-10-6-13-31-21/h4-6,8-10,13,15H,7,11-12,14,16H2,1-3H3,(H,25,26)/t24-/m1/s1. The van der Waals surface area contributed by atoms with Crippen molar-refractivity contribution in [2.75, 3.05) is 27.2 Å². The number of likely N-dealkylation sites (tertiary alicyclic amines) is 1. The molecule has 0 unspecified atom stereocenters. The normalized spacial score (nSPS) is 18.7. The average Bonchev–Trinajstić information content (AvgIpc) is 3.45. The second-order valence-corrected chi connectivity index (χ2v) is 9.48. The van der Waals surface area contributed by atoms with E-state index in [-0.39, 0.29) is 11.8 Å². The zero-order chi connectivity index (χ0) is 22.0. The molecule has 7 heteroatoms. The first-order chi connectivity index (χ1) is 14.9. The van der Waals surface area contributed by atoms with Crippen molar-refractivity contribution in [3.05, 3.63) is 64.8 Å². The van der Waals surface area contributed by atoms with Crippen LogP contribution < -0.4 is 0 Å². The number of nitrogens with one attached hydrogen (secondary N) is 1. The van der Waals surface area contributed by atoms with Gasteiger partial charge in [0.25, 0.3) is 5.91 Å². The summed E-state index contributed by atoms with van der Waals surface area (Å²) in [6.45, 7) is 2.91. The van der Waals surface area contributed by atoms with E-state index < -0.39 is 5.41 Å². The van der Waals surface area contributed by atoms with Gasteiger partial charge < -0.3 is 9.80 Å². The van der Waals surface area contributed by atoms with Gasteiger partial charge >= 0.3 is 0 Å². The molecule has 162 valence electrons. The Balaban J connectivity index is 1.69. The van der Waals surface area contributed by atoms with Crippen LogP contribution in [0, 0.1) is 12.3 Å². The molecule has 0 bridgehead atoms. The molecule has 1 N–H and O–H groups in total. The number of nitrogens with zero attached hydrogens (tertiary/aromatic N) is 3. The maximum Gasteiger partial charge on any atom is 0.257 e. The van der Waals surface area contributed by atoms with Gasteiger partial charge in [0.05, 0.1) is 17.2 Å². The summed E-state index contributed by atoms with van der Waals surface area (Å²) in [5.41, 5.74) is 2.99. The predicted octanol–water partition coefficient (Wildman–Crippen LogP) is 4.00. The van der Waals surface area contributed by atoms with Crippen LogP contribution in [0.2, 0.25) is 0 Å². The van der Waals surface area contributed by atoms with E-state index in [1.807, 2.05) is 30.0 Å². The summed E-state index contributed by atoms with van der Waals surface area (Å²) in [6.07, 6.45) is 3.74. The Kier molecular flexibility index (Phi) is 5.96. The topological polar surface area (TPSA) is 69.3 Å². The zero-order valence-electron chi connectivity index (χ0n) is 18.2. The van der Waals surface area contributed by atoms with Gasteiger partial charge in [0.2, 0.25) is 5.91 Å². The van der Waals surface area contributed by atoms with Crippen LogP contribution in [-0.4, -0.2) is 59.0 Å². The maximum atomic E-state index is 13.5. The molecule has 3 aromatic rings. The summed E-state index contributed by atoms with van der Waals surface area (Å²) in [7, 11) is 3.60. The van der Waals surface area contributed by atoms with Gasteiger partial charge in [-0.15, -0.1) is 11.3 Å². The smallest absolute Gasteiger partial charge is 0.257 e. The highest BCUT2D eigenvalue weighted by molar-refractivity contribution is 7.13. The van der Waals surface area contributed by atoms with Gasteiger partial charge in [0, 0.05) is 37.8 Å². The van der Waals surface area contributed by atoms with Gasteiger partial charge in [-0.3, -0.25) is 14.7 Å². The average molecular weight is 437 g/mol. The molecule has 4 rings (SSSR count). The minimum atomic E-state index is -0.650. The maximum absolute atomic E-state index is 13.5. The number of carbonyl (C=O) groups excluding carboxylic acids is 2. The lowest BCUT2D eigenvalue weighted by Crippen LogP contribution is -2.54. The lowest BCUT2D eigenvalue weighted by Gasteiger charge is -2.43. The SMILES string of the molecule is Cc1[nH]ncc1C(=O)N1CCC[C@](Cc2ccccc2-c2cccs2)(C(=O)N(C)C)C1. The van der Waals surface area contributed by atoms with Crippen molar-refractivity contribution in [3.63, 3.8) is 0 Å². The van der Waals surface area contributed by atoms with E-state index in [1.165, 1.54) is 4.88 Å². The van der Waals surface area contributed by atoms with Crippen molar-refractivity contribution in [1.82, 2.24) is 20.0 Å². The minimum Gasteiger partial charge on any atom is -0.348 e. The van der Waals surface area contributed by atoms with Crippen LogP contribution in [0.25, 0.3) is 10.4 Å². The number of amides is 2. The van der Waals surface area contributed by atoms with Gasteiger partial charge in [-0.2, -0.15) is 5.10 Å². The summed E-state index contributed by atoms with van der Waals surface area (Å²) in [6, 6.07) is 12.5. The van der Waals surface area contributed by atoms with Crippen LogP contribution in [0.3, 0.4) is 0 Å². The molecule has 0 radical (unpaired) electrons. The number of hydrogen-bond acceptors (Lipinski definition) is 4. The first-order valence-electron chi connectivity index (χ1n) is 10.5. The molecule has 2 aromatic heterocycles. The third-order valence-corrected chi connectivity index (χ3v) is 7.02. The number of H-pyrrole nitrogens is 1. The monoisotopic (exact) mass is 436 g/mol. The highest BCUT2D eigenvalue weighted by atomic mass is 32.1. The Bertz CT molecular complexity index is 1070. The molecule has 0 saturated carbocycles. The fourth-order valence-electron chi connectivity index (χ4n) is 4.62. The second-order valence-electron chi connectivity index (χ2n) is 8.53. The van der Waals surface area contributed by atoms with Crippen LogP contribution >= 0.6 is 11.3 Å². The Hall–Kier alpha value is -2.93. The van der Waals surface area contributed by atoms with Crippen molar-refractivity contribution in [2.45, 2.75) is 26.2 Å². The Labute approximate surface area is 186 Å². The molecular weight excluding hydrogens is 408 g/mol. The van der Waals surface area contributed by atoms with Gasteiger partial charge in [0.15, 0.2) is 0 Å². The molecule has 1 aliphatic rings. The largest absolute Gasteiger partial charge is 0.348 e. The number of aromatic amines is 1. The number of hydrogen-bond donors (Lipinski definition) is 1. The first-order valence-corrected chi connectivity index (χ1v) is 11.4. The third-order valence-electron chi connectivity index (χ3n) is 6.12. The fraction of sp³-hybridized carbons (Fsp3) is 0.375. The Morgan fingerprint density at radius 2 is 2.03 bits per heavy atom. The van der Waals surface area contributed by atoms with Crippen LogP contribution in [0.5, 0.6) is 0 Å². The summed E-state index contributed by atoms with van der Waals surface area (Å²) in [5.74, 6) is 0.0170. The highest BCUT2D eigenvalue weighted by Crippen LogP contribution is 2.39. The van der Waals surface area contributed by atoms with E-state index in [4.69, 9.17) is 0 Å². The van der Waals surface area contributed by atoms with E-state index in [0.717, 1.165) is 29.7 Å². The lowest BCUT2D eigenvalue weighted by molar-refractivity contribution is -0.142. The van der Waals surface area contributed by atoms with Gasteiger partial charge in [-0.1, -0.05) is 30.3 Å². The molecule has 3 heterocycles. The second kappa shape index (κ2) is 8.67. The molecule has 1 atom stereocenters. The van der Waals surface area contributed by atoms with E-state index in [1.54, 1.807) is 36.5 Å². The fourth-order valence-corrected chi connectivity index (χ4v) is 5.41. The molecule has 0 aliphatic carbocycles. The molecule has 2 amide bonds. The number of aryl methyl sites for hydroxylation is 1. The van der Waals surface area contributed by atoms with Crippen LogP contribution in [0.15, 0.2) is 48.0 Å². The predicted molar refractivity (Wildman–Crippen MR) is 123 cm³/mol. The van der Waals surface area contributed by atoms with Crippen molar-refractivity contribution < 1.29 is 9.59 Å². The molecule has 1 aliphatic heterocycles. The van der Waals surface area contributed by atoms with Gasteiger partial charge in [-0.05, 0) is 48.8 Å². The van der Waals surface area contributed by atoms with E-state index in [9.17, 15) is 9.59 Å². The van der Waals surface area contributed by atoms with Crippen LogP contribution in [0.4, 0.5) is 0 Å². The highest BCUT2D eigenvalue weighted by Gasteiger charge is 2.45. The number of benzene rings is 1. The lowest BCUT2D eigenvalue weighted by atomic mass is 9.73. The van der Waals surface area contributed by atoms with E-state index >= 15 is 0 Å². The zero-order valence-corrected chi connectivity index (χ0v) is 19.0. The van der Waals surface area contributed by atoms with Gasteiger partial charge in [-0.25, -0.2) is 0 Å². The molecule has 1 saturated heterocycles. The molecule has 0 spiro atoms. The minimum absolute atomic E-state index is 0.0616. The summed E-state index contributed by atoms with van der Waals surface area (Å²) in [4.78, 5) is 31.4. The summed E-state index contributed by atoms with van der Waals surface area (Å²) in [5, 5.41) is 8.91. The van der Waals surface area contributed by atoms with Crippen LogP contribution in [0.1, 0.15) is 34.5 Å². The van der Waals surface area contributed by atoms with Crippen LogP contribution in [-0.2, 0) is 11.2 Å². The van der Waals surface area contributed by atoms with Crippen molar-refractivity contribution in [2.24, 2.45) is 5.41 Å². The van der Waals surface area contributed by atoms with Gasteiger partial charge in [0.1, 0.15) is 0 Å². The molecule has 1 aromatic carbocycles. The molecule has 6 nitrogen and oxygen atoms in total. The van der Waals surface area contributed by atoms with E-state index in [0.29, 0.717) is 25.1 Å². The number of piperidine rings is 1. The Morgan fingerprint density at radius 3 is 2.71 bits per heavy atom. The number of rotatable bonds is 5. The number of carbonyl (C=O) groups is 2. The summed E-state index contributed by atoms with van der Waals surface area (Å²) >= 11 is 1.70. The first kappa shape index (κ1) is 21.3. The Morgan fingerprint density at radius 1 is 1.23 bits per heavy atom. The molecule has 1 fully saturated rings. The number of thiophene rings is 1.